The van der Waals surface area contributed by atoms with Crippen molar-refractivity contribution < 1.29 is 9.90 Å². The molecule has 0 amide bonds. The molecule has 0 aliphatic carbocycles. The zero-order valence-corrected chi connectivity index (χ0v) is 16.1. The Morgan fingerprint density at radius 3 is 2.37 bits per heavy atom. The molecule has 0 saturated carbocycles. The summed E-state index contributed by atoms with van der Waals surface area (Å²) >= 11 is 1.79. The van der Waals surface area contributed by atoms with Gasteiger partial charge in [0.05, 0.1) is 23.5 Å². The van der Waals surface area contributed by atoms with E-state index in [-0.39, 0.29) is 5.56 Å². The largest absolute Gasteiger partial charge is 0.478 e. The molecule has 0 spiro atoms. The van der Waals surface area contributed by atoms with Gasteiger partial charge in [-0.2, -0.15) is 5.10 Å². The van der Waals surface area contributed by atoms with Gasteiger partial charge in [0.15, 0.2) is 5.17 Å². The molecular formula is C20H22N4O2S. The highest BCUT2D eigenvalue weighted by atomic mass is 32.2. The van der Waals surface area contributed by atoms with Gasteiger partial charge in [0, 0.05) is 10.9 Å². The van der Waals surface area contributed by atoms with Gasteiger partial charge >= 0.3 is 5.97 Å². The van der Waals surface area contributed by atoms with Crippen LogP contribution in [0.25, 0.3) is 0 Å². The van der Waals surface area contributed by atoms with Crippen LogP contribution in [0.15, 0.2) is 58.6 Å². The SMILES string of the molecule is CC[C@H]1CN=C(Nc2ccc(/C(C)=N\Nc3ccc(C(=O)O)cc3)cc2)S1. The van der Waals surface area contributed by atoms with Crippen molar-refractivity contribution in [3.63, 3.8) is 0 Å². The molecular weight excluding hydrogens is 360 g/mol. The minimum atomic E-state index is -0.942. The maximum Gasteiger partial charge on any atom is 0.335 e. The van der Waals surface area contributed by atoms with Gasteiger partial charge < -0.3 is 10.4 Å². The molecule has 0 aromatic heterocycles. The fraction of sp³-hybridized carbons (Fsp3) is 0.250. The van der Waals surface area contributed by atoms with Crippen LogP contribution >= 0.6 is 11.8 Å². The van der Waals surface area contributed by atoms with Crippen LogP contribution in [0.2, 0.25) is 0 Å². The van der Waals surface area contributed by atoms with E-state index in [1.54, 1.807) is 36.0 Å². The Hall–Kier alpha value is -2.80. The summed E-state index contributed by atoms with van der Waals surface area (Å²) in [6.07, 6.45) is 1.12. The second-order valence-corrected chi connectivity index (χ2v) is 7.48. The first-order valence-corrected chi connectivity index (χ1v) is 9.65. The Morgan fingerprint density at radius 2 is 1.78 bits per heavy atom. The van der Waals surface area contributed by atoms with Crippen LogP contribution in [0.5, 0.6) is 0 Å². The number of nitrogens with one attached hydrogen (secondary N) is 2. The Bertz CT molecular complexity index is 861. The maximum absolute atomic E-state index is 10.9. The van der Waals surface area contributed by atoms with E-state index >= 15 is 0 Å². The zero-order valence-electron chi connectivity index (χ0n) is 15.3. The first-order valence-electron chi connectivity index (χ1n) is 8.77. The number of aliphatic imine (C=N–C) groups is 1. The van der Waals surface area contributed by atoms with Gasteiger partial charge in [-0.15, -0.1) is 0 Å². The van der Waals surface area contributed by atoms with Crippen LogP contribution < -0.4 is 10.7 Å². The summed E-state index contributed by atoms with van der Waals surface area (Å²) < 4.78 is 0. The summed E-state index contributed by atoms with van der Waals surface area (Å²) in [5.41, 5.74) is 6.78. The molecule has 1 aliphatic rings. The first-order chi connectivity index (χ1) is 13.0. The number of hydrazone groups is 1. The van der Waals surface area contributed by atoms with Gasteiger partial charge in [-0.3, -0.25) is 10.4 Å². The van der Waals surface area contributed by atoms with Gasteiger partial charge in [-0.25, -0.2) is 4.79 Å². The number of nitrogens with zero attached hydrogens (tertiary/aromatic N) is 2. The highest BCUT2D eigenvalue weighted by Crippen LogP contribution is 2.24. The van der Waals surface area contributed by atoms with Crippen molar-refractivity contribution in [2.45, 2.75) is 25.5 Å². The van der Waals surface area contributed by atoms with Gasteiger partial charge in [0.1, 0.15) is 0 Å². The van der Waals surface area contributed by atoms with E-state index in [4.69, 9.17) is 5.11 Å². The summed E-state index contributed by atoms with van der Waals surface area (Å²) in [6.45, 7) is 4.98. The van der Waals surface area contributed by atoms with Crippen molar-refractivity contribution in [2.75, 3.05) is 17.3 Å². The van der Waals surface area contributed by atoms with Crippen molar-refractivity contribution >= 4 is 40.0 Å². The van der Waals surface area contributed by atoms with Crippen molar-refractivity contribution in [3.8, 4) is 0 Å². The molecule has 0 unspecified atom stereocenters. The number of hydrogen-bond donors (Lipinski definition) is 3. The van der Waals surface area contributed by atoms with Crippen molar-refractivity contribution in [2.24, 2.45) is 10.1 Å². The molecule has 0 radical (unpaired) electrons. The quantitative estimate of drug-likeness (QED) is 0.505. The third kappa shape index (κ3) is 5.10. The summed E-state index contributed by atoms with van der Waals surface area (Å²) in [7, 11) is 0. The van der Waals surface area contributed by atoms with Crippen LogP contribution in [0, 0.1) is 0 Å². The number of amidine groups is 1. The van der Waals surface area contributed by atoms with Crippen LogP contribution in [0.1, 0.15) is 36.2 Å². The molecule has 140 valence electrons. The predicted octanol–water partition coefficient (Wildman–Crippen LogP) is 4.51. The maximum atomic E-state index is 10.9. The van der Waals surface area contributed by atoms with Gasteiger partial charge in [0.25, 0.3) is 0 Å². The highest BCUT2D eigenvalue weighted by Gasteiger charge is 2.17. The fourth-order valence-corrected chi connectivity index (χ4v) is 3.47. The number of anilines is 2. The van der Waals surface area contributed by atoms with Crippen LogP contribution in [-0.4, -0.2) is 33.7 Å². The monoisotopic (exact) mass is 382 g/mol. The van der Waals surface area contributed by atoms with Crippen LogP contribution in [-0.2, 0) is 0 Å². The second-order valence-electron chi connectivity index (χ2n) is 6.19. The lowest BCUT2D eigenvalue weighted by Crippen LogP contribution is -2.07. The minimum absolute atomic E-state index is 0.250. The van der Waals surface area contributed by atoms with Gasteiger partial charge in [-0.05, 0) is 55.3 Å². The molecule has 3 rings (SSSR count). The lowest BCUT2D eigenvalue weighted by molar-refractivity contribution is 0.0697. The van der Waals surface area contributed by atoms with E-state index in [1.165, 1.54) is 0 Å². The second kappa shape index (κ2) is 8.73. The number of rotatable bonds is 6. The Kier molecular flexibility index (Phi) is 6.13. The molecule has 3 N–H and O–H groups in total. The number of hydrogen-bond acceptors (Lipinski definition) is 6. The van der Waals surface area contributed by atoms with Crippen LogP contribution in [0.3, 0.4) is 0 Å². The normalized spacial score (nSPS) is 16.7. The molecule has 0 bridgehead atoms. The summed E-state index contributed by atoms with van der Waals surface area (Å²) in [5, 5.41) is 18.2. The Labute approximate surface area is 162 Å². The summed E-state index contributed by atoms with van der Waals surface area (Å²) in [4.78, 5) is 15.4. The molecule has 2 aromatic carbocycles. The smallest absolute Gasteiger partial charge is 0.335 e. The molecule has 6 nitrogen and oxygen atoms in total. The van der Waals surface area contributed by atoms with Gasteiger partial charge in [-0.1, -0.05) is 30.8 Å². The van der Waals surface area contributed by atoms with E-state index in [1.807, 2.05) is 31.2 Å². The van der Waals surface area contributed by atoms with E-state index in [0.29, 0.717) is 5.25 Å². The molecule has 0 fully saturated rings. The van der Waals surface area contributed by atoms with E-state index in [0.717, 1.165) is 40.8 Å². The number of carboxylic acid groups (broad SMARTS) is 1. The zero-order chi connectivity index (χ0) is 19.2. The van der Waals surface area contributed by atoms with E-state index < -0.39 is 5.97 Å². The van der Waals surface area contributed by atoms with E-state index in [9.17, 15) is 4.79 Å². The predicted molar refractivity (Wildman–Crippen MR) is 113 cm³/mol. The molecule has 1 atom stereocenters. The molecule has 0 saturated heterocycles. The topological polar surface area (TPSA) is 86.1 Å². The number of thioether (sulfide) groups is 1. The van der Waals surface area contributed by atoms with Crippen molar-refractivity contribution in [1.82, 2.24) is 0 Å². The van der Waals surface area contributed by atoms with Gasteiger partial charge in [0.2, 0.25) is 0 Å². The standard InChI is InChI=1S/C20H22N4O2S/c1-3-18-12-21-20(27-18)22-16-8-4-14(5-9-16)13(2)23-24-17-10-6-15(7-11-17)19(25)26/h4-11,18,24H,3,12H2,1-2H3,(H,21,22)(H,25,26)/b23-13-/t18-/m0/s1. The Morgan fingerprint density at radius 1 is 1.15 bits per heavy atom. The fourth-order valence-electron chi connectivity index (χ4n) is 2.52. The molecule has 27 heavy (non-hydrogen) atoms. The van der Waals surface area contributed by atoms with Crippen molar-refractivity contribution in [1.29, 1.82) is 0 Å². The average Bonchev–Trinajstić information content (AvgIpc) is 3.14. The lowest BCUT2D eigenvalue weighted by Gasteiger charge is -2.08. The highest BCUT2D eigenvalue weighted by molar-refractivity contribution is 8.15. The lowest BCUT2D eigenvalue weighted by atomic mass is 10.1. The summed E-state index contributed by atoms with van der Waals surface area (Å²) in [6, 6.07) is 14.5. The molecule has 1 aliphatic heterocycles. The minimum Gasteiger partial charge on any atom is -0.478 e. The van der Waals surface area contributed by atoms with E-state index in [2.05, 4.69) is 27.8 Å². The molecule has 1 heterocycles. The number of aromatic carboxylic acids is 1. The number of carbonyl (C=O) groups is 1. The molecule has 2 aromatic rings. The third-order valence-electron chi connectivity index (χ3n) is 4.21. The Balaban J connectivity index is 1.59. The summed E-state index contributed by atoms with van der Waals surface area (Å²) in [5.74, 6) is -0.942. The van der Waals surface area contributed by atoms with Crippen LogP contribution in [0.4, 0.5) is 11.4 Å². The van der Waals surface area contributed by atoms with Crippen molar-refractivity contribution in [3.05, 3.63) is 59.7 Å². The first kappa shape index (κ1) is 19.0. The number of carboxylic acids is 1. The average molecular weight is 382 g/mol. The number of benzene rings is 2. The molecule has 7 heteroatoms. The third-order valence-corrected chi connectivity index (χ3v) is 5.48.